The van der Waals surface area contributed by atoms with Crippen molar-refractivity contribution in [3.05, 3.63) is 222 Å². The van der Waals surface area contributed by atoms with Crippen LogP contribution in [0, 0.1) is 0 Å². The molecule has 0 N–H and O–H groups in total. The summed E-state index contributed by atoms with van der Waals surface area (Å²) in [6, 6.07) is 63.4. The molecule has 264 valence electrons. The second-order valence-electron chi connectivity index (χ2n) is 14.6. The van der Waals surface area contributed by atoms with Gasteiger partial charge in [0.15, 0.2) is 17.5 Å². The number of para-hydroxylation sites is 3. The molecular formula is C52H36N4. The normalized spacial score (nSPS) is 14.4. The van der Waals surface area contributed by atoms with E-state index in [1.54, 1.807) is 0 Å². The Balaban J connectivity index is 1.24. The second kappa shape index (κ2) is 13.0. The van der Waals surface area contributed by atoms with Gasteiger partial charge in [0.2, 0.25) is 0 Å². The first kappa shape index (κ1) is 32.3. The molecule has 0 unspecified atom stereocenters. The molecule has 0 fully saturated rings. The van der Waals surface area contributed by atoms with Crippen LogP contribution in [0.5, 0.6) is 0 Å². The second-order valence-corrected chi connectivity index (χ2v) is 14.6. The van der Waals surface area contributed by atoms with Gasteiger partial charge < -0.3 is 4.90 Å². The summed E-state index contributed by atoms with van der Waals surface area (Å²) in [7, 11) is 0. The molecule has 0 radical (unpaired) electrons. The number of fused-ring (bicyclic) bond motifs is 9. The fourth-order valence-corrected chi connectivity index (χ4v) is 9.18. The molecule has 2 heterocycles. The standard InChI is InChI=1S/C52H36N4/c1-5-18-35(19-6-1)38-32-33-42-41(34-38)48-40(51-54-49(36-20-7-2-8-21-36)53-50(55-51)37-22-9-3-10-23-37)26-17-29-45(48)52(42)43-27-13-15-30-46(43)56(39-24-11-4-12-25-39)47-31-16-14-28-44(47)52/h1-2,4-9,11-34H,3,10H2. The lowest BCUT2D eigenvalue weighted by molar-refractivity contribution is 0.753. The predicted molar refractivity (Wildman–Crippen MR) is 228 cm³/mol. The Morgan fingerprint density at radius 1 is 0.429 bits per heavy atom. The highest BCUT2D eigenvalue weighted by molar-refractivity contribution is 6.00. The van der Waals surface area contributed by atoms with Gasteiger partial charge >= 0.3 is 0 Å². The monoisotopic (exact) mass is 716 g/mol. The molecule has 56 heavy (non-hydrogen) atoms. The lowest BCUT2D eigenvalue weighted by atomic mass is 9.64. The van der Waals surface area contributed by atoms with Crippen LogP contribution in [0.25, 0.3) is 50.6 Å². The van der Waals surface area contributed by atoms with E-state index in [-0.39, 0.29) is 0 Å². The average Bonchev–Trinajstić information content (AvgIpc) is 3.58. The van der Waals surface area contributed by atoms with Crippen LogP contribution in [-0.2, 0) is 5.41 Å². The van der Waals surface area contributed by atoms with Gasteiger partial charge in [-0.15, -0.1) is 0 Å². The fourth-order valence-electron chi connectivity index (χ4n) is 9.18. The highest BCUT2D eigenvalue weighted by Gasteiger charge is 2.52. The summed E-state index contributed by atoms with van der Waals surface area (Å²) in [5.41, 5.74) is 15.5. The lowest BCUT2D eigenvalue weighted by Crippen LogP contribution is -2.36. The molecule has 4 heteroatoms. The summed E-state index contributed by atoms with van der Waals surface area (Å²) in [6.45, 7) is 0. The molecular weight excluding hydrogens is 681 g/mol. The molecule has 0 atom stereocenters. The van der Waals surface area contributed by atoms with Crippen LogP contribution < -0.4 is 4.90 Å². The van der Waals surface area contributed by atoms with Crippen LogP contribution >= 0.6 is 0 Å². The molecule has 7 aromatic carbocycles. The van der Waals surface area contributed by atoms with E-state index in [0.717, 1.165) is 40.8 Å². The molecule has 1 spiro atoms. The Hall–Kier alpha value is -7.17. The number of hydrogen-bond acceptors (Lipinski definition) is 4. The van der Waals surface area contributed by atoms with E-state index in [1.165, 1.54) is 50.3 Å². The topological polar surface area (TPSA) is 41.9 Å². The number of hydrogen-bond donors (Lipinski definition) is 0. The third kappa shape index (κ3) is 4.89. The van der Waals surface area contributed by atoms with Gasteiger partial charge in [0.05, 0.1) is 16.8 Å². The minimum absolute atomic E-state index is 0.610. The van der Waals surface area contributed by atoms with Crippen molar-refractivity contribution < 1.29 is 0 Å². The molecule has 8 aromatic rings. The maximum atomic E-state index is 5.31. The summed E-state index contributed by atoms with van der Waals surface area (Å²) in [6.07, 6.45) is 8.59. The Bertz CT molecular complexity index is 2810. The van der Waals surface area contributed by atoms with Crippen molar-refractivity contribution in [1.82, 2.24) is 15.0 Å². The third-order valence-electron chi connectivity index (χ3n) is 11.5. The third-order valence-corrected chi connectivity index (χ3v) is 11.5. The van der Waals surface area contributed by atoms with E-state index in [1.807, 2.05) is 18.2 Å². The zero-order valence-corrected chi connectivity index (χ0v) is 30.7. The fraction of sp³-hybridized carbons (Fsp3) is 0.0577. The number of anilines is 3. The van der Waals surface area contributed by atoms with Crippen LogP contribution in [0.15, 0.2) is 194 Å². The molecule has 0 saturated carbocycles. The van der Waals surface area contributed by atoms with Crippen molar-refractivity contribution >= 4 is 22.6 Å². The van der Waals surface area contributed by atoms with Gasteiger partial charge in [-0.25, -0.2) is 15.0 Å². The lowest BCUT2D eigenvalue weighted by Gasteiger charge is -2.45. The SMILES string of the molecule is C1=CC(c2nc(-c3ccccc3)nc(-c3cccc4c3-c3cc(-c5ccccc5)ccc3C43c4ccccc4N(c4ccccc4)c4ccccc43)n2)=CCC1. The van der Waals surface area contributed by atoms with E-state index < -0.39 is 5.41 Å². The van der Waals surface area contributed by atoms with Gasteiger partial charge in [-0.2, -0.15) is 0 Å². The Morgan fingerprint density at radius 3 is 1.73 bits per heavy atom. The Labute approximate surface area is 326 Å². The molecule has 0 amide bonds. The first-order chi connectivity index (χ1) is 27.8. The van der Waals surface area contributed by atoms with Crippen molar-refractivity contribution in [2.75, 3.05) is 4.90 Å². The van der Waals surface area contributed by atoms with Crippen molar-refractivity contribution in [2.45, 2.75) is 18.3 Å². The Kier molecular flexibility index (Phi) is 7.49. The molecule has 2 aliphatic carbocycles. The van der Waals surface area contributed by atoms with Gasteiger partial charge in [0.25, 0.3) is 0 Å². The van der Waals surface area contributed by atoms with Crippen LogP contribution in [0.3, 0.4) is 0 Å². The highest BCUT2D eigenvalue weighted by atomic mass is 15.2. The Morgan fingerprint density at radius 2 is 1.04 bits per heavy atom. The number of aromatic nitrogens is 3. The first-order valence-corrected chi connectivity index (χ1v) is 19.4. The summed E-state index contributed by atoms with van der Waals surface area (Å²) in [4.78, 5) is 18.1. The summed E-state index contributed by atoms with van der Waals surface area (Å²) >= 11 is 0. The number of benzene rings is 7. The van der Waals surface area contributed by atoms with Gasteiger partial charge in [-0.3, -0.25) is 0 Å². The zero-order valence-electron chi connectivity index (χ0n) is 30.7. The molecule has 0 bridgehead atoms. The molecule has 11 rings (SSSR count). The van der Waals surface area contributed by atoms with Crippen LogP contribution in [-0.4, -0.2) is 15.0 Å². The minimum atomic E-state index is -0.610. The summed E-state index contributed by atoms with van der Waals surface area (Å²) < 4.78 is 0. The average molecular weight is 717 g/mol. The number of rotatable bonds is 5. The predicted octanol–water partition coefficient (Wildman–Crippen LogP) is 12.8. The van der Waals surface area contributed by atoms with Gasteiger partial charge in [0, 0.05) is 22.4 Å². The largest absolute Gasteiger partial charge is 0.310 e. The number of nitrogens with zero attached hydrogens (tertiary/aromatic N) is 4. The molecule has 4 nitrogen and oxygen atoms in total. The maximum Gasteiger partial charge on any atom is 0.164 e. The van der Waals surface area contributed by atoms with E-state index in [0.29, 0.717) is 17.5 Å². The van der Waals surface area contributed by atoms with E-state index >= 15 is 0 Å². The molecule has 1 aromatic heterocycles. The van der Waals surface area contributed by atoms with Gasteiger partial charge in [-0.05, 0) is 87.7 Å². The van der Waals surface area contributed by atoms with Crippen molar-refractivity contribution in [3.63, 3.8) is 0 Å². The highest BCUT2D eigenvalue weighted by Crippen LogP contribution is 2.64. The van der Waals surface area contributed by atoms with E-state index in [2.05, 4.69) is 181 Å². The van der Waals surface area contributed by atoms with Crippen LogP contribution in [0.4, 0.5) is 17.1 Å². The van der Waals surface area contributed by atoms with Crippen molar-refractivity contribution in [3.8, 4) is 45.0 Å². The quantitative estimate of drug-likeness (QED) is 0.178. The van der Waals surface area contributed by atoms with Crippen molar-refractivity contribution in [1.29, 1.82) is 0 Å². The smallest absolute Gasteiger partial charge is 0.164 e. The minimum Gasteiger partial charge on any atom is -0.310 e. The summed E-state index contributed by atoms with van der Waals surface area (Å²) in [5, 5.41) is 0. The molecule has 3 aliphatic rings. The van der Waals surface area contributed by atoms with Gasteiger partial charge in [-0.1, -0.05) is 164 Å². The molecule has 0 saturated heterocycles. The maximum absolute atomic E-state index is 5.31. The summed E-state index contributed by atoms with van der Waals surface area (Å²) in [5.74, 6) is 2.03. The van der Waals surface area contributed by atoms with E-state index in [9.17, 15) is 0 Å². The number of allylic oxidation sites excluding steroid dienone is 4. The molecule has 1 aliphatic heterocycles. The van der Waals surface area contributed by atoms with E-state index in [4.69, 9.17) is 15.0 Å². The van der Waals surface area contributed by atoms with Crippen molar-refractivity contribution in [2.24, 2.45) is 0 Å². The van der Waals surface area contributed by atoms with Crippen LogP contribution in [0.2, 0.25) is 0 Å². The first-order valence-electron chi connectivity index (χ1n) is 19.4. The van der Waals surface area contributed by atoms with Crippen LogP contribution in [0.1, 0.15) is 40.9 Å². The zero-order chi connectivity index (χ0) is 37.1. The van der Waals surface area contributed by atoms with Gasteiger partial charge in [0.1, 0.15) is 0 Å².